The molecule has 3 aromatic rings. The first-order chi connectivity index (χ1) is 14.6. The average Bonchev–Trinajstić information content (AvgIpc) is 3.62. The van der Waals surface area contributed by atoms with Gasteiger partial charge in [-0.1, -0.05) is 17.3 Å². The van der Waals surface area contributed by atoms with Gasteiger partial charge in [-0.25, -0.2) is 4.68 Å². The molecule has 8 heteroatoms. The van der Waals surface area contributed by atoms with Crippen LogP contribution in [0.3, 0.4) is 0 Å². The van der Waals surface area contributed by atoms with Gasteiger partial charge in [-0.15, -0.1) is 5.10 Å². The monoisotopic (exact) mass is 408 g/mol. The van der Waals surface area contributed by atoms with Gasteiger partial charge in [0.25, 0.3) is 5.56 Å². The molecule has 1 aliphatic rings. The fraction of sp³-hybridized carbons (Fsp3) is 0.364. The molecule has 0 unspecified atom stereocenters. The van der Waals surface area contributed by atoms with E-state index in [9.17, 15) is 9.59 Å². The highest BCUT2D eigenvalue weighted by Gasteiger charge is 2.33. The number of ether oxygens (including phenoxy) is 2. The summed E-state index contributed by atoms with van der Waals surface area (Å²) in [5.74, 6) is 1.40. The molecule has 0 aliphatic heterocycles. The summed E-state index contributed by atoms with van der Waals surface area (Å²) in [4.78, 5) is 27.5. The number of hydrogen-bond acceptors (Lipinski definition) is 6. The number of aryl methyl sites for hydroxylation is 1. The van der Waals surface area contributed by atoms with Crippen molar-refractivity contribution in [2.75, 3.05) is 14.2 Å². The third kappa shape index (κ3) is 4.12. The number of carbonyl (C=O) groups is 1. The minimum atomic E-state index is -0.235. The lowest BCUT2D eigenvalue weighted by Crippen LogP contribution is -2.34. The number of fused-ring (bicyclic) bond motifs is 1. The van der Waals surface area contributed by atoms with E-state index in [4.69, 9.17) is 9.47 Å². The third-order valence-electron chi connectivity index (χ3n) is 5.30. The maximum absolute atomic E-state index is 13.0. The van der Waals surface area contributed by atoms with Gasteiger partial charge in [0.05, 0.1) is 26.2 Å². The lowest BCUT2D eigenvalue weighted by molar-refractivity contribution is -0.132. The van der Waals surface area contributed by atoms with E-state index < -0.39 is 0 Å². The number of nitrogens with zero attached hydrogens (tertiary/aromatic N) is 4. The number of amides is 1. The summed E-state index contributed by atoms with van der Waals surface area (Å²) in [6, 6.07) is 12.8. The molecule has 0 N–H and O–H groups in total. The van der Waals surface area contributed by atoms with Crippen LogP contribution >= 0.6 is 0 Å². The summed E-state index contributed by atoms with van der Waals surface area (Å²) in [6.07, 6.45) is 2.14. The molecule has 0 spiro atoms. The summed E-state index contributed by atoms with van der Waals surface area (Å²) in [6.45, 7) is 0.621. The SMILES string of the molecule is COc1ccc(OC)c(CN(C(=O)CCn2nnc3ccccc3c2=O)C2CC2)c1. The number of methoxy groups -OCH3 is 2. The van der Waals surface area contributed by atoms with E-state index >= 15 is 0 Å². The standard InChI is InChI=1S/C22H24N4O4/c1-29-17-9-10-20(30-2)15(13-17)14-25(16-7-8-16)21(27)11-12-26-22(28)18-5-3-4-6-19(18)23-24-26/h3-6,9-10,13,16H,7-8,11-12,14H2,1-2H3. The predicted molar refractivity (Wildman–Crippen MR) is 112 cm³/mol. The molecule has 0 radical (unpaired) electrons. The number of rotatable bonds is 8. The van der Waals surface area contributed by atoms with Crippen molar-refractivity contribution in [2.24, 2.45) is 0 Å². The first-order valence-electron chi connectivity index (χ1n) is 9.93. The molecule has 2 aromatic carbocycles. The van der Waals surface area contributed by atoms with E-state index in [1.54, 1.807) is 32.4 Å². The maximum atomic E-state index is 13.0. The average molecular weight is 408 g/mol. The summed E-state index contributed by atoms with van der Waals surface area (Å²) >= 11 is 0. The lowest BCUT2D eigenvalue weighted by Gasteiger charge is -2.24. The zero-order valence-corrected chi connectivity index (χ0v) is 17.1. The van der Waals surface area contributed by atoms with Crippen LogP contribution in [0.25, 0.3) is 10.9 Å². The number of carbonyl (C=O) groups excluding carboxylic acids is 1. The number of benzene rings is 2. The van der Waals surface area contributed by atoms with Crippen LogP contribution in [0.1, 0.15) is 24.8 Å². The molecule has 1 heterocycles. The van der Waals surface area contributed by atoms with Gasteiger partial charge < -0.3 is 14.4 Å². The molecular formula is C22H24N4O4. The minimum Gasteiger partial charge on any atom is -0.497 e. The Bertz CT molecular complexity index is 1120. The molecule has 1 amide bonds. The molecule has 156 valence electrons. The van der Waals surface area contributed by atoms with Crippen LogP contribution in [0.4, 0.5) is 0 Å². The first-order valence-corrected chi connectivity index (χ1v) is 9.93. The van der Waals surface area contributed by atoms with Crippen molar-refractivity contribution < 1.29 is 14.3 Å². The topological polar surface area (TPSA) is 86.6 Å². The van der Waals surface area contributed by atoms with E-state index in [1.807, 2.05) is 29.2 Å². The molecular weight excluding hydrogens is 384 g/mol. The van der Waals surface area contributed by atoms with Gasteiger partial charge in [0.1, 0.15) is 17.0 Å². The molecule has 1 aromatic heterocycles. The smallest absolute Gasteiger partial charge is 0.277 e. The molecule has 0 atom stereocenters. The number of aromatic nitrogens is 3. The van der Waals surface area contributed by atoms with Gasteiger partial charge in [-0.3, -0.25) is 9.59 Å². The second-order valence-corrected chi connectivity index (χ2v) is 7.32. The van der Waals surface area contributed by atoms with E-state index in [0.29, 0.717) is 28.9 Å². The van der Waals surface area contributed by atoms with Gasteiger partial charge in [0.15, 0.2) is 0 Å². The lowest BCUT2D eigenvalue weighted by atomic mass is 10.1. The van der Waals surface area contributed by atoms with Crippen LogP contribution in [-0.4, -0.2) is 46.1 Å². The van der Waals surface area contributed by atoms with Crippen LogP contribution in [0.15, 0.2) is 47.3 Å². The molecule has 1 fully saturated rings. The molecule has 0 bridgehead atoms. The first kappa shape index (κ1) is 19.9. The Labute approximate surface area is 174 Å². The van der Waals surface area contributed by atoms with E-state index in [2.05, 4.69) is 10.3 Å². The Morgan fingerprint density at radius 2 is 1.97 bits per heavy atom. The van der Waals surface area contributed by atoms with E-state index in [1.165, 1.54) is 4.68 Å². The highest BCUT2D eigenvalue weighted by Crippen LogP contribution is 2.32. The highest BCUT2D eigenvalue weighted by atomic mass is 16.5. The quantitative estimate of drug-likeness (QED) is 0.569. The van der Waals surface area contributed by atoms with Gasteiger partial charge in [0.2, 0.25) is 5.91 Å². The van der Waals surface area contributed by atoms with Crippen LogP contribution in [0.2, 0.25) is 0 Å². The fourth-order valence-corrected chi connectivity index (χ4v) is 3.51. The zero-order valence-electron chi connectivity index (χ0n) is 17.1. The van der Waals surface area contributed by atoms with Crippen LogP contribution in [0.5, 0.6) is 11.5 Å². The number of hydrogen-bond donors (Lipinski definition) is 0. The Morgan fingerprint density at radius 1 is 1.17 bits per heavy atom. The van der Waals surface area contributed by atoms with Crippen molar-refractivity contribution in [2.45, 2.75) is 38.4 Å². The van der Waals surface area contributed by atoms with Gasteiger partial charge in [0, 0.05) is 24.6 Å². The van der Waals surface area contributed by atoms with Crippen molar-refractivity contribution in [3.8, 4) is 11.5 Å². The van der Waals surface area contributed by atoms with Crippen LogP contribution in [-0.2, 0) is 17.9 Å². The normalized spacial score (nSPS) is 13.3. The van der Waals surface area contributed by atoms with Crippen LogP contribution < -0.4 is 15.0 Å². The second-order valence-electron chi connectivity index (χ2n) is 7.32. The van der Waals surface area contributed by atoms with Gasteiger partial charge in [-0.05, 0) is 43.2 Å². The molecule has 1 aliphatic carbocycles. The Morgan fingerprint density at radius 3 is 2.70 bits per heavy atom. The Kier molecular flexibility index (Phi) is 5.65. The van der Waals surface area contributed by atoms with Crippen molar-refractivity contribution >= 4 is 16.8 Å². The van der Waals surface area contributed by atoms with Crippen molar-refractivity contribution in [1.82, 2.24) is 19.9 Å². The highest BCUT2D eigenvalue weighted by molar-refractivity contribution is 5.78. The second kappa shape index (κ2) is 8.52. The van der Waals surface area contributed by atoms with E-state index in [0.717, 1.165) is 18.4 Å². The maximum Gasteiger partial charge on any atom is 0.277 e. The largest absolute Gasteiger partial charge is 0.497 e. The van der Waals surface area contributed by atoms with Crippen molar-refractivity contribution in [3.63, 3.8) is 0 Å². The third-order valence-corrected chi connectivity index (χ3v) is 5.30. The molecule has 8 nitrogen and oxygen atoms in total. The summed E-state index contributed by atoms with van der Waals surface area (Å²) < 4.78 is 12.0. The summed E-state index contributed by atoms with van der Waals surface area (Å²) in [5, 5.41) is 8.56. The van der Waals surface area contributed by atoms with Crippen molar-refractivity contribution in [1.29, 1.82) is 0 Å². The van der Waals surface area contributed by atoms with Gasteiger partial charge >= 0.3 is 0 Å². The predicted octanol–water partition coefficient (Wildman–Crippen LogP) is 2.39. The van der Waals surface area contributed by atoms with E-state index in [-0.39, 0.29) is 30.5 Å². The summed E-state index contributed by atoms with van der Waals surface area (Å²) in [5.41, 5.74) is 1.20. The summed E-state index contributed by atoms with van der Waals surface area (Å²) in [7, 11) is 3.22. The molecule has 30 heavy (non-hydrogen) atoms. The van der Waals surface area contributed by atoms with Crippen molar-refractivity contribution in [3.05, 3.63) is 58.4 Å². The molecule has 1 saturated carbocycles. The molecule has 0 saturated heterocycles. The Hall–Kier alpha value is -3.42. The minimum absolute atomic E-state index is 0.0239. The fourth-order valence-electron chi connectivity index (χ4n) is 3.51. The molecule has 4 rings (SSSR count). The Balaban J connectivity index is 1.50. The zero-order chi connectivity index (χ0) is 21.1. The van der Waals surface area contributed by atoms with Crippen LogP contribution in [0, 0.1) is 0 Å². The van der Waals surface area contributed by atoms with Gasteiger partial charge in [-0.2, -0.15) is 0 Å².